The number of rotatable bonds is 2. The van der Waals surface area contributed by atoms with E-state index in [1.807, 2.05) is 0 Å². The number of hydrogen-bond acceptors (Lipinski definition) is 1. The zero-order valence-corrected chi connectivity index (χ0v) is 9.13. The first-order chi connectivity index (χ1) is 6.25. The first kappa shape index (κ1) is 9.51. The Morgan fingerprint density at radius 3 is 2.23 bits per heavy atom. The summed E-state index contributed by atoms with van der Waals surface area (Å²) in [5.74, 6) is 3.19. The summed E-state index contributed by atoms with van der Waals surface area (Å²) < 4.78 is 0. The second kappa shape index (κ2) is 4.00. The van der Waals surface area contributed by atoms with Crippen molar-refractivity contribution in [1.82, 2.24) is 4.90 Å². The monoisotopic (exact) mass is 181 g/mol. The van der Waals surface area contributed by atoms with E-state index >= 15 is 0 Å². The quantitative estimate of drug-likeness (QED) is 0.633. The van der Waals surface area contributed by atoms with Gasteiger partial charge in [0.25, 0.3) is 0 Å². The Bertz CT molecular complexity index is 159. The van der Waals surface area contributed by atoms with Crippen LogP contribution in [0.1, 0.15) is 39.0 Å². The molecule has 0 bridgehead atoms. The van der Waals surface area contributed by atoms with Gasteiger partial charge in [0, 0.05) is 0 Å². The molecule has 0 spiro atoms. The molecule has 0 N–H and O–H groups in total. The topological polar surface area (TPSA) is 3.24 Å². The van der Waals surface area contributed by atoms with E-state index in [9.17, 15) is 0 Å². The van der Waals surface area contributed by atoms with Crippen molar-refractivity contribution in [3.8, 4) is 0 Å². The predicted octanol–water partition coefficient (Wildman–Crippen LogP) is 2.76. The van der Waals surface area contributed by atoms with E-state index in [1.54, 1.807) is 0 Å². The summed E-state index contributed by atoms with van der Waals surface area (Å²) in [6.45, 7) is 5.11. The molecule has 2 aliphatic rings. The van der Waals surface area contributed by atoms with Gasteiger partial charge in [-0.15, -0.1) is 0 Å². The number of nitrogens with zero attached hydrogens (tertiary/aromatic N) is 1. The van der Waals surface area contributed by atoms with Crippen LogP contribution in [-0.4, -0.2) is 25.0 Å². The van der Waals surface area contributed by atoms with Crippen molar-refractivity contribution in [2.75, 3.05) is 20.1 Å². The van der Waals surface area contributed by atoms with E-state index in [0.29, 0.717) is 0 Å². The Balaban J connectivity index is 1.70. The molecule has 0 radical (unpaired) electrons. The fourth-order valence-electron chi connectivity index (χ4n) is 2.81. The highest BCUT2D eigenvalue weighted by molar-refractivity contribution is 4.81. The highest BCUT2D eigenvalue weighted by Gasteiger charge is 2.29. The first-order valence-corrected chi connectivity index (χ1v) is 5.94. The van der Waals surface area contributed by atoms with Crippen LogP contribution < -0.4 is 0 Å². The lowest BCUT2D eigenvalue weighted by molar-refractivity contribution is 0.123. The SMILES string of the molecule is C[C@@H]1CCC1CC1CCN(C)CC1. The zero-order valence-electron chi connectivity index (χ0n) is 9.13. The number of likely N-dealkylation sites (tertiary alicyclic amines) is 1. The van der Waals surface area contributed by atoms with Gasteiger partial charge in [0.05, 0.1) is 0 Å². The fraction of sp³-hybridized carbons (Fsp3) is 1.00. The van der Waals surface area contributed by atoms with Crippen LogP contribution in [0.5, 0.6) is 0 Å². The Kier molecular flexibility index (Phi) is 2.92. The van der Waals surface area contributed by atoms with Gasteiger partial charge in [0.1, 0.15) is 0 Å². The summed E-state index contributed by atoms with van der Waals surface area (Å²) >= 11 is 0. The Morgan fingerprint density at radius 1 is 1.08 bits per heavy atom. The third-order valence-electron chi connectivity index (χ3n) is 4.27. The molecule has 1 heteroatoms. The van der Waals surface area contributed by atoms with E-state index in [-0.39, 0.29) is 0 Å². The van der Waals surface area contributed by atoms with Gasteiger partial charge in [-0.2, -0.15) is 0 Å². The summed E-state index contributed by atoms with van der Waals surface area (Å²) in [6.07, 6.45) is 7.47. The van der Waals surface area contributed by atoms with Gasteiger partial charge >= 0.3 is 0 Å². The van der Waals surface area contributed by atoms with Crippen molar-refractivity contribution in [1.29, 1.82) is 0 Å². The molecular formula is C12H23N. The van der Waals surface area contributed by atoms with Crippen LogP contribution in [0.2, 0.25) is 0 Å². The minimum Gasteiger partial charge on any atom is -0.306 e. The summed E-state index contributed by atoms with van der Waals surface area (Å²) in [5.41, 5.74) is 0. The van der Waals surface area contributed by atoms with Gasteiger partial charge in [-0.05, 0) is 63.6 Å². The van der Waals surface area contributed by atoms with Crippen LogP contribution in [0.4, 0.5) is 0 Å². The van der Waals surface area contributed by atoms with Crippen molar-refractivity contribution in [2.24, 2.45) is 17.8 Å². The van der Waals surface area contributed by atoms with Crippen LogP contribution in [0.25, 0.3) is 0 Å². The van der Waals surface area contributed by atoms with E-state index in [0.717, 1.165) is 17.8 Å². The Morgan fingerprint density at radius 2 is 1.77 bits per heavy atom. The molecule has 1 aliphatic heterocycles. The van der Waals surface area contributed by atoms with E-state index in [4.69, 9.17) is 0 Å². The zero-order chi connectivity index (χ0) is 9.26. The second-order valence-corrected chi connectivity index (χ2v) is 5.30. The van der Waals surface area contributed by atoms with Crippen molar-refractivity contribution in [3.05, 3.63) is 0 Å². The summed E-state index contributed by atoms with van der Waals surface area (Å²) in [5, 5.41) is 0. The molecule has 13 heavy (non-hydrogen) atoms. The lowest BCUT2D eigenvalue weighted by Crippen LogP contribution is -2.33. The van der Waals surface area contributed by atoms with Gasteiger partial charge < -0.3 is 4.90 Å². The standard InChI is InChI=1S/C12H23N/c1-10-3-4-12(10)9-11-5-7-13(2)8-6-11/h10-12H,3-9H2,1-2H3/t10-,12?/m1/s1. The van der Waals surface area contributed by atoms with Crippen LogP contribution in [-0.2, 0) is 0 Å². The van der Waals surface area contributed by atoms with Crippen molar-refractivity contribution >= 4 is 0 Å². The largest absolute Gasteiger partial charge is 0.306 e. The molecule has 0 aromatic heterocycles. The molecule has 0 amide bonds. The minimum atomic E-state index is 1.04. The number of piperidine rings is 1. The van der Waals surface area contributed by atoms with Crippen LogP contribution in [0.15, 0.2) is 0 Å². The van der Waals surface area contributed by atoms with Crippen LogP contribution >= 0.6 is 0 Å². The minimum absolute atomic E-state index is 1.04. The van der Waals surface area contributed by atoms with Crippen molar-refractivity contribution < 1.29 is 0 Å². The molecule has 1 unspecified atom stereocenters. The Hall–Kier alpha value is -0.0400. The average molecular weight is 181 g/mol. The third kappa shape index (κ3) is 2.25. The average Bonchev–Trinajstić information content (AvgIpc) is 2.15. The lowest BCUT2D eigenvalue weighted by atomic mass is 9.69. The molecule has 1 nitrogen and oxygen atoms in total. The molecule has 1 heterocycles. The molecule has 0 aromatic rings. The van der Waals surface area contributed by atoms with E-state index < -0.39 is 0 Å². The van der Waals surface area contributed by atoms with Gasteiger partial charge in [0.2, 0.25) is 0 Å². The third-order valence-corrected chi connectivity index (χ3v) is 4.27. The van der Waals surface area contributed by atoms with Gasteiger partial charge in [0.15, 0.2) is 0 Å². The molecule has 1 saturated carbocycles. The van der Waals surface area contributed by atoms with Crippen LogP contribution in [0.3, 0.4) is 0 Å². The highest BCUT2D eigenvalue weighted by atomic mass is 15.1. The summed E-state index contributed by atoms with van der Waals surface area (Å²) in [6, 6.07) is 0. The van der Waals surface area contributed by atoms with Crippen molar-refractivity contribution in [3.63, 3.8) is 0 Å². The smallest absolute Gasteiger partial charge is 0.00191 e. The van der Waals surface area contributed by atoms with Crippen molar-refractivity contribution in [2.45, 2.75) is 39.0 Å². The molecule has 0 aromatic carbocycles. The second-order valence-electron chi connectivity index (χ2n) is 5.30. The van der Waals surface area contributed by atoms with Gasteiger partial charge in [-0.3, -0.25) is 0 Å². The maximum Gasteiger partial charge on any atom is -0.00191 e. The number of hydrogen-bond donors (Lipinski definition) is 0. The normalized spacial score (nSPS) is 37.4. The maximum atomic E-state index is 2.47. The highest BCUT2D eigenvalue weighted by Crippen LogP contribution is 2.40. The van der Waals surface area contributed by atoms with Crippen LogP contribution in [0, 0.1) is 17.8 Å². The first-order valence-electron chi connectivity index (χ1n) is 5.94. The predicted molar refractivity (Wildman–Crippen MR) is 56.7 cm³/mol. The van der Waals surface area contributed by atoms with E-state index in [1.165, 1.54) is 45.2 Å². The lowest BCUT2D eigenvalue weighted by Gasteiger charge is -2.38. The molecule has 1 saturated heterocycles. The molecule has 76 valence electrons. The summed E-state index contributed by atoms with van der Waals surface area (Å²) in [4.78, 5) is 2.47. The maximum absolute atomic E-state index is 2.47. The Labute approximate surface area is 82.5 Å². The van der Waals surface area contributed by atoms with Gasteiger partial charge in [-0.25, -0.2) is 0 Å². The fourth-order valence-corrected chi connectivity index (χ4v) is 2.81. The molecule has 2 rings (SSSR count). The molecule has 1 aliphatic carbocycles. The molecular weight excluding hydrogens is 158 g/mol. The van der Waals surface area contributed by atoms with E-state index in [2.05, 4.69) is 18.9 Å². The van der Waals surface area contributed by atoms with Gasteiger partial charge in [-0.1, -0.05) is 13.3 Å². The molecule has 2 atom stereocenters. The molecule has 2 fully saturated rings. The summed E-state index contributed by atoms with van der Waals surface area (Å²) in [7, 11) is 2.25.